The van der Waals surface area contributed by atoms with Gasteiger partial charge in [-0.2, -0.15) is 0 Å². The van der Waals surface area contributed by atoms with E-state index in [2.05, 4.69) is 36.4 Å². The number of halogens is 1. The fourth-order valence-corrected chi connectivity index (χ4v) is 2.34. The molecule has 0 unspecified atom stereocenters. The number of benzene rings is 1. The van der Waals surface area contributed by atoms with Crippen molar-refractivity contribution in [1.82, 2.24) is 9.55 Å². The minimum atomic E-state index is 0.437. The lowest BCUT2D eigenvalue weighted by Crippen LogP contribution is -2.07. The van der Waals surface area contributed by atoms with Crippen LogP contribution in [0.25, 0.3) is 11.0 Å². The van der Waals surface area contributed by atoms with Crippen molar-refractivity contribution in [1.29, 1.82) is 0 Å². The van der Waals surface area contributed by atoms with Gasteiger partial charge in [0.2, 0.25) is 0 Å². The number of imidazole rings is 1. The van der Waals surface area contributed by atoms with Crippen LogP contribution in [0.1, 0.15) is 33.0 Å². The van der Waals surface area contributed by atoms with Crippen LogP contribution in [0.5, 0.6) is 5.75 Å². The fourth-order valence-electron chi connectivity index (χ4n) is 2.14. The molecule has 2 rings (SSSR count). The Morgan fingerprint density at radius 1 is 1.37 bits per heavy atom. The maximum atomic E-state index is 6.00. The van der Waals surface area contributed by atoms with Crippen molar-refractivity contribution < 1.29 is 4.74 Å². The molecule has 3 nitrogen and oxygen atoms in total. The molecule has 1 aromatic carbocycles. The lowest BCUT2D eigenvalue weighted by molar-refractivity contribution is 0.318. The summed E-state index contributed by atoms with van der Waals surface area (Å²) >= 11 is 6.00. The molecule has 0 fully saturated rings. The highest BCUT2D eigenvalue weighted by Gasteiger charge is 2.11. The lowest BCUT2D eigenvalue weighted by atomic mass is 10.2. The van der Waals surface area contributed by atoms with Crippen LogP contribution >= 0.6 is 11.6 Å². The van der Waals surface area contributed by atoms with Crippen LogP contribution in [0, 0.1) is 5.92 Å². The highest BCUT2D eigenvalue weighted by molar-refractivity contribution is 6.16. The minimum Gasteiger partial charge on any atom is -0.494 e. The lowest BCUT2D eigenvalue weighted by Gasteiger charge is -2.10. The van der Waals surface area contributed by atoms with E-state index in [4.69, 9.17) is 16.3 Å². The van der Waals surface area contributed by atoms with Crippen LogP contribution in [-0.4, -0.2) is 16.2 Å². The van der Waals surface area contributed by atoms with Crippen LogP contribution in [0.15, 0.2) is 18.2 Å². The Labute approximate surface area is 119 Å². The van der Waals surface area contributed by atoms with E-state index in [1.54, 1.807) is 0 Å². The second-order valence-corrected chi connectivity index (χ2v) is 5.43. The molecule has 1 heterocycles. The van der Waals surface area contributed by atoms with E-state index in [1.807, 2.05) is 12.1 Å². The molecule has 0 atom stereocenters. The van der Waals surface area contributed by atoms with Crippen LogP contribution in [0.2, 0.25) is 0 Å². The second kappa shape index (κ2) is 6.29. The molecule has 104 valence electrons. The van der Waals surface area contributed by atoms with Gasteiger partial charge in [-0.15, -0.1) is 11.6 Å². The number of nitrogens with zero attached hydrogens (tertiary/aromatic N) is 2. The number of alkyl halides is 1. The summed E-state index contributed by atoms with van der Waals surface area (Å²) in [5.74, 6) is 2.81. The molecule has 2 aromatic rings. The Kier molecular flexibility index (Phi) is 4.70. The molecule has 0 aliphatic rings. The van der Waals surface area contributed by atoms with Crippen molar-refractivity contribution in [3.8, 4) is 5.75 Å². The summed E-state index contributed by atoms with van der Waals surface area (Å²) in [5.41, 5.74) is 2.10. The Hall–Kier alpha value is -1.22. The van der Waals surface area contributed by atoms with E-state index >= 15 is 0 Å². The van der Waals surface area contributed by atoms with Crippen LogP contribution < -0.4 is 4.74 Å². The maximum absolute atomic E-state index is 6.00. The number of fused-ring (bicyclic) bond motifs is 1. The topological polar surface area (TPSA) is 27.1 Å². The zero-order valence-corrected chi connectivity index (χ0v) is 12.6. The number of ether oxygens (including phenoxy) is 1. The van der Waals surface area contributed by atoms with Crippen LogP contribution in [-0.2, 0) is 12.4 Å². The molecule has 0 saturated carbocycles. The molecule has 0 aliphatic heterocycles. The molecular weight excluding hydrogens is 260 g/mol. The van der Waals surface area contributed by atoms with Crippen LogP contribution in [0.3, 0.4) is 0 Å². The van der Waals surface area contributed by atoms with Crippen molar-refractivity contribution in [3.05, 3.63) is 24.0 Å². The number of rotatable bonds is 6. The molecule has 1 aromatic heterocycles. The second-order valence-electron chi connectivity index (χ2n) is 5.17. The summed E-state index contributed by atoms with van der Waals surface area (Å²) in [6, 6.07) is 6.08. The normalized spacial score (nSPS) is 11.4. The third-order valence-corrected chi connectivity index (χ3v) is 3.18. The molecule has 0 aliphatic carbocycles. The van der Waals surface area contributed by atoms with Gasteiger partial charge in [0.25, 0.3) is 0 Å². The van der Waals surface area contributed by atoms with Gasteiger partial charge in [0, 0.05) is 12.6 Å². The van der Waals surface area contributed by atoms with Crippen molar-refractivity contribution in [2.45, 2.75) is 39.6 Å². The minimum absolute atomic E-state index is 0.437. The summed E-state index contributed by atoms with van der Waals surface area (Å²) in [6.45, 7) is 8.17. The predicted molar refractivity (Wildman–Crippen MR) is 79.9 cm³/mol. The number of hydrogen-bond donors (Lipinski definition) is 0. The van der Waals surface area contributed by atoms with E-state index in [9.17, 15) is 0 Å². The summed E-state index contributed by atoms with van der Waals surface area (Å²) < 4.78 is 7.85. The fraction of sp³-hybridized carbons (Fsp3) is 0.533. The molecule has 0 radical (unpaired) electrons. The van der Waals surface area contributed by atoms with Gasteiger partial charge in [0.05, 0.1) is 23.5 Å². The Morgan fingerprint density at radius 2 is 2.16 bits per heavy atom. The first kappa shape index (κ1) is 14.2. The molecular formula is C15H21ClN2O. The third kappa shape index (κ3) is 3.21. The summed E-state index contributed by atoms with van der Waals surface area (Å²) in [4.78, 5) is 4.60. The summed E-state index contributed by atoms with van der Waals surface area (Å²) in [7, 11) is 0. The predicted octanol–water partition coefficient (Wildman–Crippen LogP) is 4.22. The zero-order chi connectivity index (χ0) is 13.8. The largest absolute Gasteiger partial charge is 0.494 e. The van der Waals surface area contributed by atoms with Gasteiger partial charge in [0.1, 0.15) is 11.6 Å². The average molecular weight is 281 g/mol. The monoisotopic (exact) mass is 280 g/mol. The van der Waals surface area contributed by atoms with Crippen molar-refractivity contribution in [2.24, 2.45) is 5.92 Å². The summed E-state index contributed by atoms with van der Waals surface area (Å²) in [5, 5.41) is 0. The number of aromatic nitrogens is 2. The van der Waals surface area contributed by atoms with E-state index in [1.165, 1.54) is 0 Å². The Morgan fingerprint density at radius 3 is 2.79 bits per heavy atom. The zero-order valence-electron chi connectivity index (χ0n) is 11.8. The van der Waals surface area contributed by atoms with Gasteiger partial charge in [-0.1, -0.05) is 20.8 Å². The maximum Gasteiger partial charge on any atom is 0.124 e. The van der Waals surface area contributed by atoms with Gasteiger partial charge in [0.15, 0.2) is 0 Å². The molecule has 4 heteroatoms. The third-order valence-electron chi connectivity index (χ3n) is 2.94. The average Bonchev–Trinajstić information content (AvgIpc) is 2.73. The smallest absolute Gasteiger partial charge is 0.124 e. The highest BCUT2D eigenvalue weighted by Crippen LogP contribution is 2.24. The van der Waals surface area contributed by atoms with E-state index in [0.717, 1.165) is 42.2 Å². The highest BCUT2D eigenvalue weighted by atomic mass is 35.5. The van der Waals surface area contributed by atoms with Gasteiger partial charge < -0.3 is 9.30 Å². The quantitative estimate of drug-likeness (QED) is 0.741. The molecule has 0 N–H and O–H groups in total. The van der Waals surface area contributed by atoms with Gasteiger partial charge in [-0.25, -0.2) is 4.98 Å². The van der Waals surface area contributed by atoms with Gasteiger partial charge >= 0.3 is 0 Å². The molecule has 0 saturated heterocycles. The van der Waals surface area contributed by atoms with E-state index < -0.39 is 0 Å². The Bertz CT molecular complexity index is 548. The first-order valence-electron chi connectivity index (χ1n) is 6.83. The molecule has 0 spiro atoms. The first-order chi connectivity index (χ1) is 9.15. The first-order valence-corrected chi connectivity index (χ1v) is 7.37. The molecule has 19 heavy (non-hydrogen) atoms. The van der Waals surface area contributed by atoms with Crippen molar-refractivity contribution in [2.75, 3.05) is 6.61 Å². The SMILES string of the molecule is CCCOc1ccc2c(c1)nc(CCl)n2CC(C)C. The van der Waals surface area contributed by atoms with E-state index in [0.29, 0.717) is 11.8 Å². The van der Waals surface area contributed by atoms with Gasteiger partial charge in [-0.05, 0) is 24.5 Å². The Balaban J connectivity index is 2.39. The molecule has 0 bridgehead atoms. The van der Waals surface area contributed by atoms with Crippen molar-refractivity contribution in [3.63, 3.8) is 0 Å². The molecule has 0 amide bonds. The van der Waals surface area contributed by atoms with Crippen LogP contribution in [0.4, 0.5) is 0 Å². The van der Waals surface area contributed by atoms with E-state index in [-0.39, 0.29) is 0 Å². The van der Waals surface area contributed by atoms with Gasteiger partial charge in [-0.3, -0.25) is 0 Å². The van der Waals surface area contributed by atoms with Crippen molar-refractivity contribution >= 4 is 22.6 Å². The summed E-state index contributed by atoms with van der Waals surface area (Å²) in [6.07, 6.45) is 1.01. The standard InChI is InChI=1S/C15H21ClN2O/c1-4-7-19-12-5-6-14-13(8-12)17-15(9-16)18(14)10-11(2)3/h5-6,8,11H,4,7,9-10H2,1-3H3. The number of hydrogen-bond acceptors (Lipinski definition) is 2.